The average Bonchev–Trinajstić information content (AvgIpc) is 2.83. The highest BCUT2D eigenvalue weighted by Crippen LogP contribution is 2.37. The fourth-order valence-electron chi connectivity index (χ4n) is 2.46. The fourth-order valence-corrected chi connectivity index (χ4v) is 3.57. The van der Waals surface area contributed by atoms with E-state index in [0.29, 0.717) is 12.0 Å². The van der Waals surface area contributed by atoms with E-state index >= 15 is 0 Å². The van der Waals surface area contributed by atoms with Gasteiger partial charge in [-0.3, -0.25) is 0 Å². The minimum Gasteiger partial charge on any atom is -0.416 e. The van der Waals surface area contributed by atoms with Gasteiger partial charge in [-0.25, -0.2) is 0 Å². The minimum atomic E-state index is -1.66. The van der Waals surface area contributed by atoms with Gasteiger partial charge in [-0.15, -0.1) is 0 Å². The minimum absolute atomic E-state index is 0.215. The van der Waals surface area contributed by atoms with Crippen LogP contribution in [0.2, 0.25) is 18.1 Å². The Morgan fingerprint density at radius 1 is 1.29 bits per heavy atom. The van der Waals surface area contributed by atoms with Crippen molar-refractivity contribution in [2.75, 3.05) is 6.61 Å². The molecule has 0 bridgehead atoms. The van der Waals surface area contributed by atoms with Gasteiger partial charge < -0.3 is 14.3 Å². The highest BCUT2D eigenvalue weighted by atomic mass is 28.4. The molecule has 3 nitrogen and oxygen atoms in total. The van der Waals surface area contributed by atoms with Crippen LogP contribution in [0.3, 0.4) is 0 Å². The Balaban J connectivity index is 2.39. The summed E-state index contributed by atoms with van der Waals surface area (Å²) in [7, 11) is -1.66. The Morgan fingerprint density at radius 3 is 2.43 bits per heavy atom. The van der Waals surface area contributed by atoms with Crippen LogP contribution in [0.25, 0.3) is 0 Å². The first-order valence-corrected chi connectivity index (χ1v) is 11.4. The van der Waals surface area contributed by atoms with Gasteiger partial charge in [0.2, 0.25) is 0 Å². The Labute approximate surface area is 132 Å². The molecule has 0 unspecified atom stereocenters. The van der Waals surface area contributed by atoms with E-state index in [1.165, 1.54) is 0 Å². The van der Waals surface area contributed by atoms with Crippen molar-refractivity contribution in [2.24, 2.45) is 5.92 Å². The van der Waals surface area contributed by atoms with Crippen LogP contribution in [-0.2, 0) is 9.16 Å². The Morgan fingerprint density at radius 2 is 1.90 bits per heavy atom. The standard InChI is InChI=1S/C17H36O3Si/c1-8-14(18)11-15-9-10-16(20-15)13(2)12-19-21(6,7)17(3,4)5/h13-16,18H,8-12H2,1-7H3/t13-,14+,15-,16+/m0/s1. The number of ether oxygens (including phenoxy) is 1. The summed E-state index contributed by atoms with van der Waals surface area (Å²) < 4.78 is 12.4. The zero-order chi connectivity index (χ0) is 16.3. The van der Waals surface area contributed by atoms with Crippen molar-refractivity contribution in [1.82, 2.24) is 0 Å². The summed E-state index contributed by atoms with van der Waals surface area (Å²) in [5.41, 5.74) is 0. The monoisotopic (exact) mass is 316 g/mol. The third-order valence-electron chi connectivity index (χ3n) is 5.29. The van der Waals surface area contributed by atoms with Crippen LogP contribution in [0.15, 0.2) is 0 Å². The van der Waals surface area contributed by atoms with Crippen LogP contribution >= 0.6 is 0 Å². The highest BCUT2D eigenvalue weighted by Gasteiger charge is 2.38. The molecule has 0 saturated carbocycles. The summed E-state index contributed by atoms with van der Waals surface area (Å²) in [5.74, 6) is 0.433. The van der Waals surface area contributed by atoms with Gasteiger partial charge in [-0.05, 0) is 43.8 Å². The number of hydrogen-bond donors (Lipinski definition) is 1. The fraction of sp³-hybridized carbons (Fsp3) is 1.00. The molecule has 1 saturated heterocycles. The number of aliphatic hydroxyl groups excluding tert-OH is 1. The van der Waals surface area contributed by atoms with E-state index < -0.39 is 8.32 Å². The molecule has 4 heteroatoms. The van der Waals surface area contributed by atoms with E-state index in [1.807, 2.05) is 6.92 Å². The molecule has 0 aliphatic carbocycles. The number of rotatable bonds is 7. The lowest BCUT2D eigenvalue weighted by Crippen LogP contribution is -2.42. The lowest BCUT2D eigenvalue weighted by molar-refractivity contribution is -0.0189. The molecule has 0 aromatic carbocycles. The molecule has 0 aromatic heterocycles. The third kappa shape index (κ3) is 5.66. The number of hydrogen-bond acceptors (Lipinski definition) is 3. The molecule has 0 spiro atoms. The highest BCUT2D eigenvalue weighted by molar-refractivity contribution is 6.74. The third-order valence-corrected chi connectivity index (χ3v) is 9.80. The second-order valence-electron chi connectivity index (χ2n) is 8.22. The second kappa shape index (κ2) is 7.58. The topological polar surface area (TPSA) is 38.7 Å². The van der Waals surface area contributed by atoms with Gasteiger partial charge in [0.1, 0.15) is 0 Å². The predicted octanol–water partition coefficient (Wildman–Crippen LogP) is 4.35. The smallest absolute Gasteiger partial charge is 0.191 e. The van der Waals surface area contributed by atoms with E-state index in [1.54, 1.807) is 0 Å². The van der Waals surface area contributed by atoms with Crippen LogP contribution in [0.5, 0.6) is 0 Å². The second-order valence-corrected chi connectivity index (χ2v) is 13.0. The Kier molecular flexibility index (Phi) is 6.91. The SMILES string of the molecule is CC[C@@H](O)C[C@@H]1CC[C@H]([C@@H](C)CO[Si](C)(C)C(C)(C)C)O1. The van der Waals surface area contributed by atoms with Gasteiger partial charge in [-0.2, -0.15) is 0 Å². The van der Waals surface area contributed by atoms with Crippen molar-refractivity contribution in [2.45, 2.75) is 96.7 Å². The molecule has 1 aliphatic rings. The van der Waals surface area contributed by atoms with E-state index in [-0.39, 0.29) is 17.2 Å². The average molecular weight is 317 g/mol. The molecule has 4 atom stereocenters. The number of aliphatic hydroxyl groups is 1. The van der Waals surface area contributed by atoms with Crippen molar-refractivity contribution in [3.63, 3.8) is 0 Å². The zero-order valence-electron chi connectivity index (χ0n) is 15.1. The van der Waals surface area contributed by atoms with Crippen molar-refractivity contribution in [3.05, 3.63) is 0 Å². The normalized spacial score (nSPS) is 26.9. The lowest BCUT2D eigenvalue weighted by atomic mass is 10.0. The lowest BCUT2D eigenvalue weighted by Gasteiger charge is -2.37. The first kappa shape index (κ1) is 19.1. The maximum Gasteiger partial charge on any atom is 0.191 e. The first-order chi connectivity index (χ1) is 9.56. The molecule has 0 radical (unpaired) electrons. The molecule has 1 heterocycles. The molecule has 0 amide bonds. The van der Waals surface area contributed by atoms with Gasteiger partial charge in [0.15, 0.2) is 8.32 Å². The van der Waals surface area contributed by atoms with Gasteiger partial charge in [0, 0.05) is 12.5 Å². The molecule has 1 aliphatic heterocycles. The van der Waals surface area contributed by atoms with Crippen molar-refractivity contribution < 1.29 is 14.3 Å². The maximum atomic E-state index is 9.74. The van der Waals surface area contributed by atoms with Crippen LogP contribution in [-0.4, -0.2) is 38.3 Å². The van der Waals surface area contributed by atoms with E-state index in [2.05, 4.69) is 40.8 Å². The molecular weight excluding hydrogens is 280 g/mol. The summed E-state index contributed by atoms with van der Waals surface area (Å²) in [5, 5.41) is 10.0. The largest absolute Gasteiger partial charge is 0.416 e. The molecule has 1 N–H and O–H groups in total. The van der Waals surface area contributed by atoms with Gasteiger partial charge in [0.05, 0.1) is 18.3 Å². The summed E-state index contributed by atoms with van der Waals surface area (Å²) >= 11 is 0. The van der Waals surface area contributed by atoms with Crippen LogP contribution in [0.4, 0.5) is 0 Å². The van der Waals surface area contributed by atoms with E-state index in [4.69, 9.17) is 9.16 Å². The van der Waals surface area contributed by atoms with Crippen LogP contribution in [0, 0.1) is 5.92 Å². The predicted molar refractivity (Wildman–Crippen MR) is 91.1 cm³/mol. The summed E-state index contributed by atoms with van der Waals surface area (Å²) in [6.45, 7) is 16.5. The van der Waals surface area contributed by atoms with Gasteiger partial charge >= 0.3 is 0 Å². The first-order valence-electron chi connectivity index (χ1n) is 8.54. The molecule has 0 aromatic rings. The van der Waals surface area contributed by atoms with Crippen molar-refractivity contribution in [1.29, 1.82) is 0 Å². The quantitative estimate of drug-likeness (QED) is 0.710. The molecule has 21 heavy (non-hydrogen) atoms. The Bertz CT molecular complexity index is 312. The van der Waals surface area contributed by atoms with Crippen LogP contribution in [0.1, 0.15) is 60.3 Å². The molecule has 1 rings (SSSR count). The van der Waals surface area contributed by atoms with Crippen molar-refractivity contribution >= 4 is 8.32 Å². The molecular formula is C17H36O3Si. The molecule has 126 valence electrons. The Hall–Kier alpha value is 0.0969. The van der Waals surface area contributed by atoms with Crippen LogP contribution < -0.4 is 0 Å². The zero-order valence-corrected chi connectivity index (χ0v) is 16.1. The summed E-state index contributed by atoms with van der Waals surface area (Å²) in [4.78, 5) is 0. The van der Waals surface area contributed by atoms with Crippen molar-refractivity contribution in [3.8, 4) is 0 Å². The summed E-state index contributed by atoms with van der Waals surface area (Å²) in [6, 6.07) is 0. The maximum absolute atomic E-state index is 9.74. The molecule has 1 fully saturated rings. The van der Waals surface area contributed by atoms with Gasteiger partial charge in [0.25, 0.3) is 0 Å². The summed E-state index contributed by atoms with van der Waals surface area (Å²) in [6.07, 6.45) is 4.09. The van der Waals surface area contributed by atoms with E-state index in [0.717, 1.165) is 32.3 Å². The van der Waals surface area contributed by atoms with E-state index in [9.17, 15) is 5.11 Å². The van der Waals surface area contributed by atoms with Gasteiger partial charge in [-0.1, -0.05) is 34.6 Å².